The number of benzene rings is 2. The summed E-state index contributed by atoms with van der Waals surface area (Å²) in [6, 6.07) is 13.6. The summed E-state index contributed by atoms with van der Waals surface area (Å²) >= 11 is 0. The summed E-state index contributed by atoms with van der Waals surface area (Å²) in [4.78, 5) is 24.4. The maximum Gasteiger partial charge on any atom is 0.342 e. The summed E-state index contributed by atoms with van der Waals surface area (Å²) in [5, 5.41) is 2.67. The largest absolute Gasteiger partial charge is 0.497 e. The van der Waals surface area contributed by atoms with Gasteiger partial charge >= 0.3 is 5.97 Å². The van der Waals surface area contributed by atoms with E-state index in [2.05, 4.69) is 5.32 Å². The molecule has 0 aromatic heterocycles. The molecule has 0 saturated heterocycles. The van der Waals surface area contributed by atoms with Gasteiger partial charge in [-0.25, -0.2) is 4.79 Å². The molecular formula is C18H19NO5. The van der Waals surface area contributed by atoms with Crippen LogP contribution in [0.5, 0.6) is 11.5 Å². The highest BCUT2D eigenvalue weighted by Gasteiger charge is 2.21. The van der Waals surface area contributed by atoms with Crippen molar-refractivity contribution in [1.29, 1.82) is 0 Å². The molecule has 0 spiro atoms. The smallest absolute Gasteiger partial charge is 0.342 e. The lowest BCUT2D eigenvalue weighted by atomic mass is 10.2. The molecule has 0 bridgehead atoms. The van der Waals surface area contributed by atoms with E-state index < -0.39 is 18.0 Å². The van der Waals surface area contributed by atoms with Gasteiger partial charge in [-0.05, 0) is 31.2 Å². The lowest BCUT2D eigenvalue weighted by Gasteiger charge is -2.15. The fraction of sp³-hybridized carbons (Fsp3) is 0.222. The summed E-state index contributed by atoms with van der Waals surface area (Å²) in [7, 11) is 3.00. The fourth-order valence-corrected chi connectivity index (χ4v) is 2.04. The van der Waals surface area contributed by atoms with Gasteiger partial charge in [-0.3, -0.25) is 4.79 Å². The van der Waals surface area contributed by atoms with E-state index >= 15 is 0 Å². The SMILES string of the molecule is COc1cccc(NC(=O)[C@H](C)OC(=O)c2ccccc2OC)c1. The number of ether oxygens (including phenoxy) is 3. The van der Waals surface area contributed by atoms with Gasteiger partial charge in [0.25, 0.3) is 5.91 Å². The first kappa shape index (κ1) is 17.3. The molecule has 0 fully saturated rings. The van der Waals surface area contributed by atoms with Gasteiger partial charge in [-0.15, -0.1) is 0 Å². The Bertz CT molecular complexity index is 729. The monoisotopic (exact) mass is 329 g/mol. The second-order valence-electron chi connectivity index (χ2n) is 4.97. The molecule has 0 aliphatic heterocycles. The Morgan fingerprint density at radius 3 is 2.46 bits per heavy atom. The number of anilines is 1. The molecule has 1 amide bonds. The fourth-order valence-electron chi connectivity index (χ4n) is 2.04. The van der Waals surface area contributed by atoms with Crippen molar-refractivity contribution in [3.8, 4) is 11.5 Å². The van der Waals surface area contributed by atoms with Crippen LogP contribution in [0.2, 0.25) is 0 Å². The molecule has 2 aromatic rings. The molecule has 6 heteroatoms. The molecule has 1 atom stereocenters. The van der Waals surface area contributed by atoms with E-state index in [1.807, 2.05) is 0 Å². The van der Waals surface area contributed by atoms with E-state index in [1.54, 1.807) is 55.6 Å². The standard InChI is InChI=1S/C18H19NO5/c1-12(17(20)19-13-7-6-8-14(11-13)22-2)24-18(21)15-9-4-5-10-16(15)23-3/h4-12H,1-3H3,(H,19,20)/t12-/m0/s1. The number of methoxy groups -OCH3 is 2. The number of para-hydroxylation sites is 1. The zero-order valence-electron chi connectivity index (χ0n) is 13.7. The van der Waals surface area contributed by atoms with Gasteiger partial charge in [0.05, 0.1) is 14.2 Å². The number of rotatable bonds is 6. The maximum absolute atomic E-state index is 12.2. The number of carbonyl (C=O) groups excluding carboxylic acids is 2. The number of hydrogen-bond donors (Lipinski definition) is 1. The topological polar surface area (TPSA) is 73.9 Å². The van der Waals surface area contributed by atoms with Crippen molar-refractivity contribution >= 4 is 17.6 Å². The van der Waals surface area contributed by atoms with Gasteiger partial charge in [-0.2, -0.15) is 0 Å². The normalized spacial score (nSPS) is 11.3. The maximum atomic E-state index is 12.2. The van der Waals surface area contributed by atoms with E-state index in [4.69, 9.17) is 14.2 Å². The summed E-state index contributed by atoms with van der Waals surface area (Å²) in [6.07, 6.45) is -0.964. The van der Waals surface area contributed by atoms with Crippen LogP contribution in [0.4, 0.5) is 5.69 Å². The average Bonchev–Trinajstić information content (AvgIpc) is 2.61. The lowest BCUT2D eigenvalue weighted by molar-refractivity contribution is -0.123. The molecule has 24 heavy (non-hydrogen) atoms. The van der Waals surface area contributed by atoms with Gasteiger partial charge in [-0.1, -0.05) is 18.2 Å². The number of amides is 1. The quantitative estimate of drug-likeness (QED) is 0.825. The first-order valence-electron chi connectivity index (χ1n) is 7.34. The minimum absolute atomic E-state index is 0.265. The van der Waals surface area contributed by atoms with E-state index in [0.29, 0.717) is 17.2 Å². The Morgan fingerprint density at radius 2 is 1.75 bits per heavy atom. The number of hydrogen-bond acceptors (Lipinski definition) is 5. The molecule has 2 rings (SSSR count). The molecule has 2 aromatic carbocycles. The Labute approximate surface area is 140 Å². The Morgan fingerprint density at radius 1 is 1.00 bits per heavy atom. The van der Waals surface area contributed by atoms with Gasteiger partial charge in [0.15, 0.2) is 6.10 Å². The summed E-state index contributed by atoms with van der Waals surface area (Å²) < 4.78 is 15.4. The third-order valence-corrected chi connectivity index (χ3v) is 3.32. The van der Waals surface area contributed by atoms with Crippen LogP contribution in [0.15, 0.2) is 48.5 Å². The van der Waals surface area contributed by atoms with Gasteiger partial charge in [0.1, 0.15) is 17.1 Å². The average molecular weight is 329 g/mol. The summed E-state index contributed by atoms with van der Waals surface area (Å²) in [5.74, 6) is -0.0541. The molecule has 0 radical (unpaired) electrons. The van der Waals surface area contributed by atoms with Crippen LogP contribution >= 0.6 is 0 Å². The molecule has 0 heterocycles. The molecule has 6 nitrogen and oxygen atoms in total. The van der Waals surface area contributed by atoms with E-state index in [9.17, 15) is 9.59 Å². The van der Waals surface area contributed by atoms with Crippen LogP contribution in [-0.4, -0.2) is 32.2 Å². The second-order valence-corrected chi connectivity index (χ2v) is 4.97. The third kappa shape index (κ3) is 4.25. The van der Waals surface area contributed by atoms with Crippen molar-refractivity contribution in [3.05, 3.63) is 54.1 Å². The summed E-state index contributed by atoms with van der Waals surface area (Å²) in [5.41, 5.74) is 0.820. The highest BCUT2D eigenvalue weighted by molar-refractivity contribution is 5.98. The molecule has 0 aliphatic carbocycles. The van der Waals surface area contributed by atoms with Crippen molar-refractivity contribution in [3.63, 3.8) is 0 Å². The van der Waals surface area contributed by atoms with Crippen LogP contribution in [0.3, 0.4) is 0 Å². The molecule has 126 valence electrons. The van der Waals surface area contributed by atoms with Crippen molar-refractivity contribution in [2.24, 2.45) is 0 Å². The van der Waals surface area contributed by atoms with E-state index in [1.165, 1.54) is 14.0 Å². The predicted molar refractivity (Wildman–Crippen MR) is 89.5 cm³/mol. The second kappa shape index (κ2) is 8.01. The Balaban J connectivity index is 2.01. The molecule has 0 unspecified atom stereocenters. The van der Waals surface area contributed by atoms with Crippen molar-refractivity contribution in [1.82, 2.24) is 0 Å². The Hall–Kier alpha value is -3.02. The van der Waals surface area contributed by atoms with Crippen molar-refractivity contribution in [2.75, 3.05) is 19.5 Å². The van der Waals surface area contributed by atoms with Gasteiger partial charge < -0.3 is 19.5 Å². The van der Waals surface area contributed by atoms with Crippen LogP contribution < -0.4 is 14.8 Å². The van der Waals surface area contributed by atoms with Crippen molar-refractivity contribution < 1.29 is 23.8 Å². The number of carbonyl (C=O) groups is 2. The highest BCUT2D eigenvalue weighted by atomic mass is 16.5. The molecule has 1 N–H and O–H groups in total. The number of nitrogens with one attached hydrogen (secondary N) is 1. The van der Waals surface area contributed by atoms with Gasteiger partial charge in [0.2, 0.25) is 0 Å². The first-order chi connectivity index (χ1) is 11.5. The highest BCUT2D eigenvalue weighted by Crippen LogP contribution is 2.20. The van der Waals surface area contributed by atoms with Crippen LogP contribution in [0.1, 0.15) is 17.3 Å². The van der Waals surface area contributed by atoms with Crippen LogP contribution in [0.25, 0.3) is 0 Å². The molecule has 0 aliphatic rings. The van der Waals surface area contributed by atoms with E-state index in [0.717, 1.165) is 0 Å². The van der Waals surface area contributed by atoms with Gasteiger partial charge in [0, 0.05) is 11.8 Å². The number of esters is 1. The summed E-state index contributed by atoms with van der Waals surface area (Å²) in [6.45, 7) is 1.50. The Kier molecular flexibility index (Phi) is 5.78. The molecule has 0 saturated carbocycles. The van der Waals surface area contributed by atoms with E-state index in [-0.39, 0.29) is 5.56 Å². The zero-order valence-corrected chi connectivity index (χ0v) is 13.7. The predicted octanol–water partition coefficient (Wildman–Crippen LogP) is 2.89. The van der Waals surface area contributed by atoms with Crippen LogP contribution in [-0.2, 0) is 9.53 Å². The lowest BCUT2D eigenvalue weighted by Crippen LogP contribution is -2.30. The zero-order chi connectivity index (χ0) is 17.5. The van der Waals surface area contributed by atoms with Crippen molar-refractivity contribution in [2.45, 2.75) is 13.0 Å². The third-order valence-electron chi connectivity index (χ3n) is 3.32. The molecular weight excluding hydrogens is 310 g/mol. The van der Waals surface area contributed by atoms with Crippen LogP contribution in [0, 0.1) is 0 Å². The minimum Gasteiger partial charge on any atom is -0.497 e. The first-order valence-corrected chi connectivity index (χ1v) is 7.34. The minimum atomic E-state index is -0.964.